The van der Waals surface area contributed by atoms with Gasteiger partial charge < -0.3 is 0 Å². The molecule has 0 radical (unpaired) electrons. The van der Waals surface area contributed by atoms with E-state index >= 15 is 0 Å². The number of rotatable bonds is 8. The van der Waals surface area contributed by atoms with E-state index < -0.39 is 0 Å². The third-order valence-electron chi connectivity index (χ3n) is 3.38. The fourth-order valence-electron chi connectivity index (χ4n) is 2.14. The molecule has 0 heterocycles. The van der Waals surface area contributed by atoms with Gasteiger partial charge in [0.05, 0.1) is 0 Å². The molecule has 0 bridgehead atoms. The van der Waals surface area contributed by atoms with E-state index in [2.05, 4.69) is 30.3 Å². The molecule has 0 unspecified atom stereocenters. The Hall–Kier alpha value is -1.28. The minimum atomic E-state index is -0.361. The minimum absolute atomic E-state index is 0.361. The molecule has 2 nitrogen and oxygen atoms in total. The van der Waals surface area contributed by atoms with Crippen LogP contribution in [-0.4, -0.2) is 27.2 Å². The predicted molar refractivity (Wildman–Crippen MR) is 88.4 cm³/mol. The Kier molecular flexibility index (Phi) is 6.81. The van der Waals surface area contributed by atoms with Crippen molar-refractivity contribution in [1.29, 1.82) is 0 Å². The molecule has 3 heteroatoms. The quantitative estimate of drug-likeness (QED) is 0.585. The average Bonchev–Trinajstić information content (AvgIpc) is 2.55. The van der Waals surface area contributed by atoms with Crippen LogP contribution in [0.4, 0.5) is 0 Å². The van der Waals surface area contributed by atoms with E-state index in [0.29, 0.717) is 15.0 Å². The van der Waals surface area contributed by atoms with Crippen molar-refractivity contribution in [1.82, 2.24) is 0 Å². The second kappa shape index (κ2) is 8.89. The van der Waals surface area contributed by atoms with Crippen molar-refractivity contribution in [2.24, 2.45) is 0 Å². The summed E-state index contributed by atoms with van der Waals surface area (Å²) in [5, 5.41) is 11.4. The van der Waals surface area contributed by atoms with Gasteiger partial charge in [-0.2, -0.15) is 0 Å². The summed E-state index contributed by atoms with van der Waals surface area (Å²) in [5.41, 5.74) is 0.976. The number of methoxy groups -OCH3 is 1. The van der Waals surface area contributed by atoms with Gasteiger partial charge in [0.1, 0.15) is 0 Å². The second-order valence-electron chi connectivity index (χ2n) is 4.95. The van der Waals surface area contributed by atoms with Crippen molar-refractivity contribution >= 4 is 19.4 Å². The third-order valence-corrected chi connectivity index (χ3v) is 5.69. The molecule has 0 amide bonds. The van der Waals surface area contributed by atoms with Gasteiger partial charge in [0.2, 0.25) is 0 Å². The molecule has 0 spiro atoms. The van der Waals surface area contributed by atoms with Crippen molar-refractivity contribution in [2.45, 2.75) is 30.7 Å². The fourth-order valence-corrected chi connectivity index (χ4v) is 4.10. The molecule has 0 saturated heterocycles. The molecule has 21 heavy (non-hydrogen) atoms. The molecule has 0 aromatic heterocycles. The summed E-state index contributed by atoms with van der Waals surface area (Å²) in [6.45, 7) is 0. The molecule has 0 aliphatic carbocycles. The van der Waals surface area contributed by atoms with Gasteiger partial charge in [0.15, 0.2) is 0 Å². The van der Waals surface area contributed by atoms with Crippen molar-refractivity contribution in [2.75, 3.05) is 7.11 Å². The second-order valence-corrected chi connectivity index (χ2v) is 7.40. The Morgan fingerprint density at radius 3 is 2.38 bits per heavy atom. The van der Waals surface area contributed by atoms with Crippen molar-refractivity contribution in [3.8, 4) is 5.75 Å². The number of aliphatic hydroxyl groups excluding tert-OH is 1. The summed E-state index contributed by atoms with van der Waals surface area (Å²) < 4.78 is 6.58. The van der Waals surface area contributed by atoms with Gasteiger partial charge in [-0.05, 0) is 0 Å². The van der Waals surface area contributed by atoms with Crippen LogP contribution in [0.15, 0.2) is 54.6 Å². The third kappa shape index (κ3) is 5.55. The fraction of sp³-hybridized carbons (Fsp3) is 0.333. The first kappa shape index (κ1) is 16.1. The number of unbranched alkanes of at least 4 members (excludes halogenated alkanes) is 1. The summed E-state index contributed by atoms with van der Waals surface area (Å²) in [6.07, 6.45) is 2.72. The number of aliphatic hydroxyl groups is 1. The van der Waals surface area contributed by atoms with Gasteiger partial charge in [-0.25, -0.2) is 0 Å². The zero-order valence-electron chi connectivity index (χ0n) is 12.4. The van der Waals surface area contributed by atoms with Gasteiger partial charge in [-0.3, -0.25) is 0 Å². The van der Waals surface area contributed by atoms with E-state index in [1.807, 2.05) is 24.3 Å². The first-order chi connectivity index (χ1) is 10.3. The van der Waals surface area contributed by atoms with Gasteiger partial charge in [-0.15, -0.1) is 0 Å². The molecule has 0 fully saturated rings. The Labute approximate surface area is 133 Å². The Morgan fingerprint density at radius 2 is 1.71 bits per heavy atom. The predicted octanol–water partition coefficient (Wildman–Crippen LogP) is 3.35. The van der Waals surface area contributed by atoms with E-state index in [1.165, 1.54) is 16.2 Å². The number of ether oxygens (including phenoxy) is 1. The molecule has 0 aliphatic heterocycles. The molecule has 0 aliphatic rings. The van der Waals surface area contributed by atoms with Crippen molar-refractivity contribution in [3.05, 3.63) is 60.2 Å². The van der Waals surface area contributed by atoms with E-state index in [4.69, 9.17) is 4.74 Å². The standard InChI is InChI=1S/C18H22O2Se/c1-20-16-12-10-15(11-13-16)18(19)9-5-6-14-21-17-7-3-2-4-8-17/h2-4,7-8,10-13,18-19H,5-6,9,14H2,1H3/t18-/m1/s1. The van der Waals surface area contributed by atoms with E-state index in [-0.39, 0.29) is 6.10 Å². The van der Waals surface area contributed by atoms with Gasteiger partial charge in [-0.1, -0.05) is 0 Å². The number of benzene rings is 2. The van der Waals surface area contributed by atoms with Crippen molar-refractivity contribution in [3.63, 3.8) is 0 Å². The zero-order valence-corrected chi connectivity index (χ0v) is 14.1. The maximum atomic E-state index is 10.2. The van der Waals surface area contributed by atoms with Gasteiger partial charge >= 0.3 is 133 Å². The maximum absolute atomic E-state index is 10.2. The molecule has 2 aromatic rings. The normalized spacial score (nSPS) is 12.1. The first-order valence-electron chi connectivity index (χ1n) is 7.29. The Balaban J connectivity index is 1.65. The van der Waals surface area contributed by atoms with Crippen LogP contribution in [-0.2, 0) is 0 Å². The van der Waals surface area contributed by atoms with Crippen LogP contribution in [0.1, 0.15) is 30.9 Å². The van der Waals surface area contributed by atoms with E-state index in [0.717, 1.165) is 24.2 Å². The van der Waals surface area contributed by atoms with Gasteiger partial charge in [0.25, 0.3) is 0 Å². The summed E-state index contributed by atoms with van der Waals surface area (Å²) in [6, 6.07) is 18.3. The van der Waals surface area contributed by atoms with Crippen LogP contribution in [0.3, 0.4) is 0 Å². The molecule has 1 atom stereocenters. The molecular formula is C18H22O2Se. The van der Waals surface area contributed by atoms with Crippen LogP contribution in [0.2, 0.25) is 5.32 Å². The molecule has 0 saturated carbocycles. The topological polar surface area (TPSA) is 29.5 Å². The molecule has 2 rings (SSSR count). The molecule has 2 aromatic carbocycles. The van der Waals surface area contributed by atoms with Gasteiger partial charge in [0, 0.05) is 0 Å². The monoisotopic (exact) mass is 350 g/mol. The summed E-state index contributed by atoms with van der Waals surface area (Å²) in [5.74, 6) is 0.830. The molecule has 112 valence electrons. The molecular weight excluding hydrogens is 327 g/mol. The van der Waals surface area contributed by atoms with Crippen LogP contribution in [0.5, 0.6) is 5.75 Å². The Bertz CT molecular complexity index is 511. The summed E-state index contributed by atoms with van der Waals surface area (Å²) in [4.78, 5) is 0. The van der Waals surface area contributed by atoms with E-state index in [1.54, 1.807) is 7.11 Å². The summed E-state index contributed by atoms with van der Waals surface area (Å²) >= 11 is 0.562. The van der Waals surface area contributed by atoms with Crippen LogP contribution in [0, 0.1) is 0 Å². The molecule has 1 N–H and O–H groups in total. The SMILES string of the molecule is COc1ccc([C@H](O)CCCC[Se]c2ccccc2)cc1. The van der Waals surface area contributed by atoms with Crippen LogP contribution < -0.4 is 9.20 Å². The average molecular weight is 349 g/mol. The summed E-state index contributed by atoms with van der Waals surface area (Å²) in [7, 11) is 1.65. The van der Waals surface area contributed by atoms with Crippen LogP contribution in [0.25, 0.3) is 0 Å². The number of hydrogen-bond acceptors (Lipinski definition) is 2. The zero-order chi connectivity index (χ0) is 14.9. The first-order valence-corrected chi connectivity index (χ1v) is 9.36. The van der Waals surface area contributed by atoms with Crippen molar-refractivity contribution < 1.29 is 9.84 Å². The van der Waals surface area contributed by atoms with E-state index in [9.17, 15) is 5.11 Å². The van der Waals surface area contributed by atoms with Crippen LogP contribution >= 0.6 is 0 Å². The number of hydrogen-bond donors (Lipinski definition) is 1. The Morgan fingerprint density at radius 1 is 1.00 bits per heavy atom.